The minimum Gasteiger partial charge on any atom is -0.450 e. The van der Waals surface area contributed by atoms with Crippen molar-refractivity contribution in [1.82, 2.24) is 0 Å². The summed E-state index contributed by atoms with van der Waals surface area (Å²) in [6, 6.07) is 10.9. The Labute approximate surface area is 134 Å². The van der Waals surface area contributed by atoms with E-state index in [1.165, 1.54) is 18.2 Å². The van der Waals surface area contributed by atoms with Gasteiger partial charge in [0.1, 0.15) is 5.75 Å². The molecular formula is C14H8BrClN2O3. The smallest absolute Gasteiger partial charge is 0.312 e. The summed E-state index contributed by atoms with van der Waals surface area (Å²) in [5.41, 5.74) is 0.705. The maximum atomic E-state index is 11.1. The van der Waals surface area contributed by atoms with Gasteiger partial charge in [-0.3, -0.25) is 10.1 Å². The largest absolute Gasteiger partial charge is 0.450 e. The molecule has 0 aliphatic heterocycles. The van der Waals surface area contributed by atoms with Crippen LogP contribution in [-0.2, 0) is 5.33 Å². The second-order valence-electron chi connectivity index (χ2n) is 4.04. The van der Waals surface area contributed by atoms with E-state index in [4.69, 9.17) is 21.6 Å². The van der Waals surface area contributed by atoms with E-state index in [-0.39, 0.29) is 17.0 Å². The van der Waals surface area contributed by atoms with Crippen molar-refractivity contribution in [3.05, 3.63) is 62.7 Å². The Morgan fingerprint density at radius 3 is 2.62 bits per heavy atom. The molecular weight excluding hydrogens is 360 g/mol. The average molecular weight is 368 g/mol. The summed E-state index contributed by atoms with van der Waals surface area (Å²) in [4.78, 5) is 10.5. The van der Waals surface area contributed by atoms with E-state index in [0.29, 0.717) is 16.1 Å². The van der Waals surface area contributed by atoms with Gasteiger partial charge >= 0.3 is 5.69 Å². The van der Waals surface area contributed by atoms with Gasteiger partial charge in [0, 0.05) is 22.0 Å². The van der Waals surface area contributed by atoms with Gasteiger partial charge < -0.3 is 4.74 Å². The molecule has 0 aliphatic carbocycles. The van der Waals surface area contributed by atoms with Crippen molar-refractivity contribution in [3.8, 4) is 17.6 Å². The number of nitro groups is 1. The van der Waals surface area contributed by atoms with Gasteiger partial charge in [-0.2, -0.15) is 5.26 Å². The van der Waals surface area contributed by atoms with E-state index in [0.717, 1.165) is 5.56 Å². The molecule has 106 valence electrons. The van der Waals surface area contributed by atoms with Gasteiger partial charge in [-0.15, -0.1) is 0 Å². The number of ether oxygens (including phenoxy) is 1. The molecule has 0 amide bonds. The van der Waals surface area contributed by atoms with E-state index >= 15 is 0 Å². The van der Waals surface area contributed by atoms with Crippen molar-refractivity contribution in [2.45, 2.75) is 5.33 Å². The van der Waals surface area contributed by atoms with E-state index in [1.54, 1.807) is 18.2 Å². The summed E-state index contributed by atoms with van der Waals surface area (Å²) in [5, 5.41) is 20.9. The minimum atomic E-state index is -0.583. The molecule has 2 aromatic rings. The molecule has 7 heteroatoms. The molecule has 0 aliphatic rings. The molecule has 0 heterocycles. The minimum absolute atomic E-state index is 0.0727. The highest BCUT2D eigenvalue weighted by molar-refractivity contribution is 9.08. The molecule has 0 radical (unpaired) electrons. The standard InChI is InChI=1S/C14H8BrClN2O3/c15-7-10-6-11(16)2-4-13(10)21-14-3-1-9(8-17)5-12(14)18(19)20/h1-6H,7H2. The highest BCUT2D eigenvalue weighted by Crippen LogP contribution is 2.35. The van der Waals surface area contributed by atoms with Crippen molar-refractivity contribution in [3.63, 3.8) is 0 Å². The monoisotopic (exact) mass is 366 g/mol. The first-order valence-corrected chi connectivity index (χ1v) is 7.26. The second kappa shape index (κ2) is 6.57. The van der Waals surface area contributed by atoms with Crippen molar-refractivity contribution in [2.75, 3.05) is 0 Å². The summed E-state index contributed by atoms with van der Waals surface area (Å²) in [6.45, 7) is 0. The number of nitrogens with zero attached hydrogens (tertiary/aromatic N) is 2. The fourth-order valence-electron chi connectivity index (χ4n) is 1.69. The molecule has 5 nitrogen and oxygen atoms in total. The van der Waals surface area contributed by atoms with Gasteiger partial charge in [-0.25, -0.2) is 0 Å². The zero-order valence-electron chi connectivity index (χ0n) is 10.5. The Bertz CT molecular complexity index is 743. The maximum Gasteiger partial charge on any atom is 0.312 e. The van der Waals surface area contributed by atoms with Gasteiger partial charge in [-0.05, 0) is 30.3 Å². The van der Waals surface area contributed by atoms with Crippen molar-refractivity contribution >= 4 is 33.2 Å². The predicted octanol–water partition coefficient (Wildman–Crippen LogP) is 4.81. The average Bonchev–Trinajstić information content (AvgIpc) is 2.49. The SMILES string of the molecule is N#Cc1ccc(Oc2ccc(Cl)cc2CBr)c([N+](=O)[O-])c1. The van der Waals surface area contributed by atoms with Crippen LogP contribution in [0, 0.1) is 21.4 Å². The van der Waals surface area contributed by atoms with Crippen LogP contribution in [0.3, 0.4) is 0 Å². The number of hydrogen-bond donors (Lipinski definition) is 0. The Balaban J connectivity index is 2.45. The van der Waals surface area contributed by atoms with E-state index in [1.807, 2.05) is 6.07 Å². The lowest BCUT2D eigenvalue weighted by atomic mass is 10.2. The van der Waals surface area contributed by atoms with Gasteiger partial charge in [0.15, 0.2) is 0 Å². The van der Waals surface area contributed by atoms with Crippen LogP contribution >= 0.6 is 27.5 Å². The summed E-state index contributed by atoms with van der Waals surface area (Å²) in [6.07, 6.45) is 0. The van der Waals surface area contributed by atoms with Crippen LogP contribution in [0.25, 0.3) is 0 Å². The summed E-state index contributed by atoms with van der Waals surface area (Å²) in [7, 11) is 0. The zero-order chi connectivity index (χ0) is 15.4. The Morgan fingerprint density at radius 1 is 1.29 bits per heavy atom. The molecule has 2 aromatic carbocycles. The lowest BCUT2D eigenvalue weighted by Gasteiger charge is -2.10. The van der Waals surface area contributed by atoms with Crippen LogP contribution < -0.4 is 4.74 Å². The molecule has 0 saturated heterocycles. The van der Waals surface area contributed by atoms with Crippen LogP contribution in [0.4, 0.5) is 5.69 Å². The summed E-state index contributed by atoms with van der Waals surface area (Å²) >= 11 is 9.21. The van der Waals surface area contributed by atoms with Crippen LogP contribution in [0.2, 0.25) is 5.02 Å². The predicted molar refractivity (Wildman–Crippen MR) is 82.0 cm³/mol. The van der Waals surface area contributed by atoms with Crippen LogP contribution in [0.15, 0.2) is 36.4 Å². The van der Waals surface area contributed by atoms with E-state index in [9.17, 15) is 10.1 Å². The Hall–Kier alpha value is -2.10. The summed E-state index contributed by atoms with van der Waals surface area (Å²) in [5.74, 6) is 0.535. The lowest BCUT2D eigenvalue weighted by molar-refractivity contribution is -0.385. The van der Waals surface area contributed by atoms with Crippen LogP contribution in [-0.4, -0.2) is 4.92 Å². The van der Waals surface area contributed by atoms with Crippen molar-refractivity contribution < 1.29 is 9.66 Å². The summed E-state index contributed by atoms with van der Waals surface area (Å²) < 4.78 is 5.61. The normalized spacial score (nSPS) is 9.95. The second-order valence-corrected chi connectivity index (χ2v) is 5.04. The molecule has 0 aromatic heterocycles. The molecule has 2 rings (SSSR count). The highest BCUT2D eigenvalue weighted by Gasteiger charge is 2.18. The first kappa shape index (κ1) is 15.3. The quantitative estimate of drug-likeness (QED) is 0.441. The molecule has 0 bridgehead atoms. The van der Waals surface area contributed by atoms with Gasteiger partial charge in [0.2, 0.25) is 5.75 Å². The number of rotatable bonds is 4. The van der Waals surface area contributed by atoms with Gasteiger partial charge in [-0.1, -0.05) is 27.5 Å². The molecule has 0 N–H and O–H groups in total. The molecule has 21 heavy (non-hydrogen) atoms. The zero-order valence-corrected chi connectivity index (χ0v) is 12.9. The Kier molecular flexibility index (Phi) is 4.78. The third-order valence-corrected chi connectivity index (χ3v) is 3.51. The molecule has 0 spiro atoms. The first-order chi connectivity index (χ1) is 10.0. The number of alkyl halides is 1. The lowest BCUT2D eigenvalue weighted by Crippen LogP contribution is -1.96. The van der Waals surface area contributed by atoms with Crippen molar-refractivity contribution in [1.29, 1.82) is 5.26 Å². The topological polar surface area (TPSA) is 76.2 Å². The third-order valence-electron chi connectivity index (χ3n) is 2.67. The van der Waals surface area contributed by atoms with Crippen molar-refractivity contribution in [2.24, 2.45) is 0 Å². The highest BCUT2D eigenvalue weighted by atomic mass is 79.9. The Morgan fingerprint density at radius 2 is 2.00 bits per heavy atom. The van der Waals surface area contributed by atoms with Gasteiger partial charge in [0.05, 0.1) is 16.6 Å². The molecule has 0 fully saturated rings. The number of benzene rings is 2. The number of nitro benzene ring substituents is 1. The number of halogens is 2. The third kappa shape index (κ3) is 3.51. The maximum absolute atomic E-state index is 11.1. The fraction of sp³-hybridized carbons (Fsp3) is 0.0714. The van der Waals surface area contributed by atoms with E-state index < -0.39 is 4.92 Å². The van der Waals surface area contributed by atoms with Gasteiger partial charge in [0.25, 0.3) is 0 Å². The molecule has 0 atom stereocenters. The number of nitriles is 1. The van der Waals surface area contributed by atoms with Crippen LogP contribution in [0.5, 0.6) is 11.5 Å². The number of hydrogen-bond acceptors (Lipinski definition) is 4. The fourth-order valence-corrected chi connectivity index (χ4v) is 2.32. The first-order valence-electron chi connectivity index (χ1n) is 5.76. The van der Waals surface area contributed by atoms with E-state index in [2.05, 4.69) is 15.9 Å². The molecule has 0 unspecified atom stereocenters. The molecule has 0 saturated carbocycles. The van der Waals surface area contributed by atoms with Crippen LogP contribution in [0.1, 0.15) is 11.1 Å².